The van der Waals surface area contributed by atoms with Crippen LogP contribution in [0.25, 0.3) is 0 Å². The monoisotopic (exact) mass is 521 g/mol. The van der Waals surface area contributed by atoms with E-state index in [1.165, 1.54) is 22.6 Å². The van der Waals surface area contributed by atoms with Crippen molar-refractivity contribution in [1.29, 1.82) is 0 Å². The van der Waals surface area contributed by atoms with Crippen molar-refractivity contribution in [2.75, 3.05) is 13.7 Å². The van der Waals surface area contributed by atoms with E-state index in [9.17, 15) is 14.7 Å². The standard InChI is InChI=1S/C29H35N3O6/c1-19-8-9-24-28(16-19)10-12-30-17-21-14-22(15-23(38-24)25(21)28)32(27(34)35)29(36-2)11-13-31(26(29)33)37-18-20-6-4-3-5-7-20/h3-7,12,17,19,22,24H,8-11,13-16,18H2,1-2H3,(H,34,35)/t19?,22-,24-,28?,29+/m1/s1. The van der Waals surface area contributed by atoms with Crippen LogP contribution >= 0.6 is 0 Å². The number of methoxy groups -OCH3 is 1. The van der Waals surface area contributed by atoms with Crippen molar-refractivity contribution in [1.82, 2.24) is 9.96 Å². The molecule has 2 unspecified atom stereocenters. The second-order valence-electron chi connectivity index (χ2n) is 11.3. The molecule has 2 aliphatic carbocycles. The fourth-order valence-corrected chi connectivity index (χ4v) is 7.40. The molecule has 202 valence electrons. The molecule has 9 nitrogen and oxygen atoms in total. The number of amides is 2. The van der Waals surface area contributed by atoms with Gasteiger partial charge in [0.05, 0.1) is 6.54 Å². The van der Waals surface area contributed by atoms with Crippen molar-refractivity contribution in [2.45, 2.75) is 76.3 Å². The summed E-state index contributed by atoms with van der Waals surface area (Å²) in [6.45, 7) is 2.74. The lowest BCUT2D eigenvalue weighted by atomic mass is 9.61. The predicted molar refractivity (Wildman–Crippen MR) is 139 cm³/mol. The van der Waals surface area contributed by atoms with Crippen molar-refractivity contribution in [2.24, 2.45) is 16.3 Å². The van der Waals surface area contributed by atoms with E-state index in [1.807, 2.05) is 42.7 Å². The van der Waals surface area contributed by atoms with Crippen molar-refractivity contribution in [3.63, 3.8) is 0 Å². The summed E-state index contributed by atoms with van der Waals surface area (Å²) in [7, 11) is 1.40. The molecule has 38 heavy (non-hydrogen) atoms. The van der Waals surface area contributed by atoms with E-state index in [2.05, 4.69) is 11.9 Å². The van der Waals surface area contributed by atoms with Gasteiger partial charge in [0.15, 0.2) is 0 Å². The topological polar surface area (TPSA) is 101 Å². The average molecular weight is 522 g/mol. The van der Waals surface area contributed by atoms with E-state index in [0.717, 1.165) is 42.6 Å². The largest absolute Gasteiger partial charge is 0.493 e. The fraction of sp³-hybridized carbons (Fsp3) is 0.552. The Morgan fingerprint density at radius 1 is 1.26 bits per heavy atom. The van der Waals surface area contributed by atoms with Crippen LogP contribution in [-0.2, 0) is 25.7 Å². The van der Waals surface area contributed by atoms with E-state index >= 15 is 0 Å². The van der Waals surface area contributed by atoms with E-state index in [0.29, 0.717) is 18.8 Å². The molecule has 0 aromatic heterocycles. The quantitative estimate of drug-likeness (QED) is 0.547. The number of hydrogen-bond donors (Lipinski definition) is 1. The highest BCUT2D eigenvalue weighted by atomic mass is 16.7. The minimum absolute atomic E-state index is 0.0834. The number of aliphatic imine (C=N–C) groups is 1. The van der Waals surface area contributed by atoms with Gasteiger partial charge in [-0.05, 0) is 49.2 Å². The number of ether oxygens (including phenoxy) is 2. The second kappa shape index (κ2) is 9.54. The highest BCUT2D eigenvalue weighted by molar-refractivity contribution is 5.89. The van der Waals surface area contributed by atoms with Crippen LogP contribution in [0.15, 0.2) is 58.4 Å². The number of benzene rings is 1. The molecule has 1 saturated heterocycles. The number of carbonyl (C=O) groups excluding carboxylic acids is 1. The van der Waals surface area contributed by atoms with Crippen molar-refractivity contribution in [3.05, 3.63) is 59.0 Å². The smallest absolute Gasteiger partial charge is 0.410 e. The highest BCUT2D eigenvalue weighted by Crippen LogP contribution is 2.60. The van der Waals surface area contributed by atoms with Gasteiger partial charge in [-0.3, -0.25) is 19.5 Å². The molecule has 5 atom stereocenters. The maximum Gasteiger partial charge on any atom is 0.410 e. The Labute approximate surface area is 222 Å². The predicted octanol–water partition coefficient (Wildman–Crippen LogP) is 4.65. The van der Waals surface area contributed by atoms with Gasteiger partial charge in [0.25, 0.3) is 5.91 Å². The Hall–Kier alpha value is -3.17. The summed E-state index contributed by atoms with van der Waals surface area (Å²) in [4.78, 5) is 38.1. The normalized spacial score (nSPS) is 33.8. The SMILES string of the molecule is CO[C@@]1(N(C(=O)O)[C@@H]2CC3=CN=CCC45CC(C)CC[C@H]4OC(=C35)C2)CCN(OCc2ccccc2)C1=O. The third-order valence-electron chi connectivity index (χ3n) is 9.04. The van der Waals surface area contributed by atoms with Crippen LogP contribution < -0.4 is 0 Å². The van der Waals surface area contributed by atoms with Crippen LogP contribution in [0.2, 0.25) is 0 Å². The maximum atomic E-state index is 13.7. The number of hydroxylamine groups is 2. The summed E-state index contributed by atoms with van der Waals surface area (Å²) in [5.74, 6) is 0.951. The first-order chi connectivity index (χ1) is 18.4. The van der Waals surface area contributed by atoms with Crippen LogP contribution in [0, 0.1) is 11.3 Å². The summed E-state index contributed by atoms with van der Waals surface area (Å²) < 4.78 is 12.4. The number of carbonyl (C=O) groups is 2. The zero-order valence-corrected chi connectivity index (χ0v) is 22.0. The zero-order valence-electron chi connectivity index (χ0n) is 22.0. The summed E-state index contributed by atoms with van der Waals surface area (Å²) in [6.07, 6.45) is 7.76. The summed E-state index contributed by atoms with van der Waals surface area (Å²) in [6, 6.07) is 9.02. The Bertz CT molecular complexity index is 1210. The van der Waals surface area contributed by atoms with Crippen molar-refractivity contribution >= 4 is 18.2 Å². The number of hydrogen-bond acceptors (Lipinski definition) is 6. The number of carboxylic acid groups (broad SMARTS) is 1. The molecule has 0 radical (unpaired) electrons. The third-order valence-corrected chi connectivity index (χ3v) is 9.04. The van der Waals surface area contributed by atoms with Gasteiger partial charge in [-0.1, -0.05) is 37.3 Å². The molecule has 9 heteroatoms. The van der Waals surface area contributed by atoms with E-state index < -0.39 is 23.8 Å². The summed E-state index contributed by atoms with van der Waals surface area (Å²) in [5.41, 5.74) is 1.40. The molecule has 1 aromatic rings. The number of rotatable bonds is 6. The molecule has 1 N–H and O–H groups in total. The molecule has 0 bridgehead atoms. The first kappa shape index (κ1) is 25.1. The molecular formula is C29H35N3O6. The van der Waals surface area contributed by atoms with Gasteiger partial charge in [-0.2, -0.15) is 0 Å². The van der Waals surface area contributed by atoms with Crippen molar-refractivity contribution < 1.29 is 29.0 Å². The van der Waals surface area contributed by atoms with Crippen LogP contribution in [0.3, 0.4) is 0 Å². The van der Waals surface area contributed by atoms with Crippen LogP contribution in [0.5, 0.6) is 0 Å². The first-order valence-electron chi connectivity index (χ1n) is 13.6. The second-order valence-corrected chi connectivity index (χ2v) is 11.3. The molecule has 3 aliphatic heterocycles. The molecule has 6 rings (SSSR count). The summed E-state index contributed by atoms with van der Waals surface area (Å²) in [5, 5.41) is 11.7. The molecule has 1 spiro atoms. The Balaban J connectivity index is 1.29. The van der Waals surface area contributed by atoms with Gasteiger partial charge < -0.3 is 14.6 Å². The van der Waals surface area contributed by atoms with Gasteiger partial charge in [-0.25, -0.2) is 9.86 Å². The Morgan fingerprint density at radius 3 is 2.84 bits per heavy atom. The Morgan fingerprint density at radius 2 is 2.08 bits per heavy atom. The minimum atomic E-state index is -1.67. The molecule has 2 amide bonds. The average Bonchev–Trinajstić information content (AvgIpc) is 3.33. The molecule has 1 saturated carbocycles. The van der Waals surface area contributed by atoms with E-state index in [-0.39, 0.29) is 31.1 Å². The summed E-state index contributed by atoms with van der Waals surface area (Å²) >= 11 is 0. The molecular weight excluding hydrogens is 486 g/mol. The van der Waals surface area contributed by atoms with Gasteiger partial charge in [0.2, 0.25) is 5.72 Å². The lowest BCUT2D eigenvalue weighted by Gasteiger charge is -2.44. The molecule has 3 heterocycles. The van der Waals surface area contributed by atoms with Crippen molar-refractivity contribution in [3.8, 4) is 0 Å². The van der Waals surface area contributed by atoms with Gasteiger partial charge in [-0.15, -0.1) is 0 Å². The molecule has 5 aliphatic rings. The minimum Gasteiger partial charge on any atom is -0.493 e. The van der Waals surface area contributed by atoms with Gasteiger partial charge in [0.1, 0.15) is 18.5 Å². The van der Waals surface area contributed by atoms with Crippen LogP contribution in [-0.4, -0.2) is 64.8 Å². The maximum absolute atomic E-state index is 13.7. The first-order valence-corrected chi connectivity index (χ1v) is 13.6. The van der Waals surface area contributed by atoms with Gasteiger partial charge >= 0.3 is 6.09 Å². The molecule has 1 aromatic carbocycles. The Kier molecular flexibility index (Phi) is 6.31. The van der Waals surface area contributed by atoms with E-state index in [4.69, 9.17) is 14.3 Å². The lowest BCUT2D eigenvalue weighted by molar-refractivity contribution is -0.205. The molecule has 2 fully saturated rings. The highest BCUT2D eigenvalue weighted by Gasteiger charge is 2.60. The van der Waals surface area contributed by atoms with E-state index in [1.54, 1.807) is 0 Å². The lowest BCUT2D eigenvalue weighted by Crippen LogP contribution is -2.61. The fourth-order valence-electron chi connectivity index (χ4n) is 7.40. The number of nitrogens with zero attached hydrogens (tertiary/aromatic N) is 3. The van der Waals surface area contributed by atoms with Crippen LogP contribution in [0.1, 0.15) is 57.4 Å². The van der Waals surface area contributed by atoms with Gasteiger partial charge in [0, 0.05) is 49.4 Å². The third kappa shape index (κ3) is 3.86. The van der Waals surface area contributed by atoms with Crippen LogP contribution in [0.4, 0.5) is 4.79 Å². The zero-order chi connectivity index (χ0) is 26.5.